The monoisotopic (exact) mass is 494 g/mol. The van der Waals surface area contributed by atoms with Gasteiger partial charge in [-0.2, -0.15) is 4.89 Å². The van der Waals surface area contributed by atoms with Crippen LogP contribution in [0.2, 0.25) is 0 Å². The van der Waals surface area contributed by atoms with Crippen LogP contribution in [0.5, 0.6) is 0 Å². The molecule has 0 aliphatic rings. The first kappa shape index (κ1) is 26.2. The first-order valence-corrected chi connectivity index (χ1v) is 12.2. The maximum absolute atomic E-state index is 13.7. The third kappa shape index (κ3) is 6.17. The second-order valence-corrected chi connectivity index (χ2v) is 10.2. The number of esters is 1. The number of rotatable bonds is 7. The van der Waals surface area contributed by atoms with E-state index in [1.165, 1.54) is 12.1 Å². The number of aliphatic hydroxyl groups is 1. The first-order chi connectivity index (χ1) is 16.5. The van der Waals surface area contributed by atoms with E-state index in [1.54, 1.807) is 24.3 Å². The van der Waals surface area contributed by atoms with Gasteiger partial charge in [0.25, 0.3) is 0 Å². The van der Waals surface area contributed by atoms with Crippen molar-refractivity contribution in [1.29, 1.82) is 0 Å². The minimum absolute atomic E-state index is 0.299. The zero-order chi connectivity index (χ0) is 25.8. The minimum Gasteiger partial charge on any atom is -0.387 e. The van der Waals surface area contributed by atoms with E-state index in [4.69, 9.17) is 11.4 Å². The Balaban J connectivity index is 2.35. The van der Waals surface area contributed by atoms with Crippen LogP contribution < -0.4 is 0 Å². The maximum Gasteiger partial charge on any atom is 0.516 e. The van der Waals surface area contributed by atoms with E-state index in [-0.39, 0.29) is 0 Å². The van der Waals surface area contributed by atoms with Gasteiger partial charge in [0.15, 0.2) is 0 Å². The van der Waals surface area contributed by atoms with Crippen LogP contribution in [-0.4, -0.2) is 27.1 Å². The molecule has 6 nitrogen and oxygen atoms in total. The smallest absolute Gasteiger partial charge is 0.387 e. The highest BCUT2D eigenvalue weighted by Crippen LogP contribution is 2.49. The van der Waals surface area contributed by atoms with Crippen LogP contribution >= 0.6 is 8.03 Å². The summed E-state index contributed by atoms with van der Waals surface area (Å²) >= 11 is 0. The highest BCUT2D eigenvalue weighted by atomic mass is 31.1. The Morgan fingerprint density at radius 3 is 2.31 bits per heavy atom. The van der Waals surface area contributed by atoms with E-state index in [0.717, 1.165) is 5.56 Å². The summed E-state index contributed by atoms with van der Waals surface area (Å²) in [5, 5.41) is 10.9. The molecule has 1 aromatic heterocycles. The molecule has 2 N–H and O–H groups in total. The van der Waals surface area contributed by atoms with Crippen molar-refractivity contribution in [3.05, 3.63) is 77.7 Å². The predicted molar refractivity (Wildman–Crippen MR) is 132 cm³/mol. The zero-order valence-electron chi connectivity index (χ0n) is 19.6. The molecule has 0 bridgehead atoms. The van der Waals surface area contributed by atoms with Gasteiger partial charge in [0.05, 0.1) is 17.8 Å². The van der Waals surface area contributed by atoms with Crippen molar-refractivity contribution in [2.45, 2.75) is 44.4 Å². The number of ether oxygens (including phenoxy) is 1. The van der Waals surface area contributed by atoms with E-state index in [2.05, 4.69) is 4.74 Å². The van der Waals surface area contributed by atoms with Crippen LogP contribution in [0.4, 0.5) is 4.39 Å². The van der Waals surface area contributed by atoms with Crippen LogP contribution in [0.25, 0.3) is 22.4 Å². The molecule has 3 rings (SSSR count). The van der Waals surface area contributed by atoms with Gasteiger partial charge in [-0.15, -0.1) is 0 Å². The predicted octanol–water partition coefficient (Wildman–Crippen LogP) is 5.51. The Labute approximate surface area is 204 Å². The lowest BCUT2D eigenvalue weighted by Gasteiger charge is -2.27. The largest absolute Gasteiger partial charge is 0.516 e. The molecule has 1 heterocycles. The highest BCUT2D eigenvalue weighted by Gasteiger charge is 2.45. The number of nitrogens with zero attached hydrogens (tertiary/aromatic N) is 1. The van der Waals surface area contributed by atoms with Crippen LogP contribution in [0.3, 0.4) is 0 Å². The SMILES string of the molecule is C#COC(=O)CC(O)C(c1c(-c2ccc(F)cc2)cc(-c2ccccc2)nc1C(C)(C)C)[P+](=O)O. The van der Waals surface area contributed by atoms with E-state index in [9.17, 15) is 23.7 Å². The Kier molecular flexibility index (Phi) is 8.14. The Morgan fingerprint density at radius 2 is 1.77 bits per heavy atom. The quantitative estimate of drug-likeness (QED) is 0.255. The molecule has 0 amide bonds. The first-order valence-electron chi connectivity index (χ1n) is 10.9. The van der Waals surface area contributed by atoms with Gasteiger partial charge in [-0.1, -0.05) is 69.7 Å². The summed E-state index contributed by atoms with van der Waals surface area (Å²) < 4.78 is 30.9. The fraction of sp³-hybridized carbons (Fsp3) is 0.259. The Morgan fingerprint density at radius 1 is 1.14 bits per heavy atom. The fourth-order valence-electron chi connectivity index (χ4n) is 3.89. The molecule has 0 spiro atoms. The van der Waals surface area contributed by atoms with Crippen molar-refractivity contribution in [1.82, 2.24) is 4.98 Å². The van der Waals surface area contributed by atoms with Gasteiger partial charge in [0.1, 0.15) is 18.0 Å². The summed E-state index contributed by atoms with van der Waals surface area (Å²) in [6, 6.07) is 16.8. The number of hydrogen-bond donors (Lipinski definition) is 2. The number of halogens is 1. The molecule has 3 atom stereocenters. The second kappa shape index (κ2) is 10.9. The number of terminal acetylenes is 1. The number of hydrogen-bond acceptors (Lipinski definition) is 5. The summed E-state index contributed by atoms with van der Waals surface area (Å²) in [6.45, 7) is 5.67. The van der Waals surface area contributed by atoms with E-state index >= 15 is 0 Å². The molecule has 3 unspecified atom stereocenters. The molecule has 0 radical (unpaired) electrons. The highest BCUT2D eigenvalue weighted by molar-refractivity contribution is 7.38. The van der Waals surface area contributed by atoms with Gasteiger partial charge < -0.3 is 9.84 Å². The van der Waals surface area contributed by atoms with Gasteiger partial charge in [-0.25, -0.2) is 4.39 Å². The summed E-state index contributed by atoms with van der Waals surface area (Å²) in [6.07, 6.45) is 4.55. The molecule has 8 heteroatoms. The molecule has 3 aromatic rings. The molecule has 0 aliphatic carbocycles. The average Bonchev–Trinajstić information content (AvgIpc) is 2.79. The molecule has 0 fully saturated rings. The van der Waals surface area contributed by atoms with Crippen molar-refractivity contribution in [3.8, 4) is 34.9 Å². The average molecular weight is 494 g/mol. The lowest BCUT2D eigenvalue weighted by Crippen LogP contribution is -2.26. The van der Waals surface area contributed by atoms with Gasteiger partial charge in [-0.3, -0.25) is 9.78 Å². The number of aliphatic hydroxyl groups excluding tert-OH is 1. The fourth-order valence-corrected chi connectivity index (χ4v) is 4.77. The van der Waals surface area contributed by atoms with Crippen molar-refractivity contribution < 1.29 is 28.5 Å². The number of carbonyl (C=O) groups is 1. The molecular formula is C27H26FNO5P+. The maximum atomic E-state index is 13.7. The van der Waals surface area contributed by atoms with Gasteiger partial charge in [0.2, 0.25) is 5.66 Å². The molecule has 2 aromatic carbocycles. The molecule has 35 heavy (non-hydrogen) atoms. The number of aromatic nitrogens is 1. The summed E-state index contributed by atoms with van der Waals surface area (Å²) in [7, 11) is -3.03. The summed E-state index contributed by atoms with van der Waals surface area (Å²) in [5.74, 6) is -1.35. The Hall–Kier alpha value is -3.43. The number of carbonyl (C=O) groups excluding carboxylic acids is 1. The minimum atomic E-state index is -3.03. The molecule has 0 saturated carbocycles. The Bertz CT molecular complexity index is 1260. The van der Waals surface area contributed by atoms with Crippen molar-refractivity contribution in [3.63, 3.8) is 0 Å². The van der Waals surface area contributed by atoms with Gasteiger partial charge in [-0.05, 0) is 33.9 Å². The molecule has 0 aliphatic heterocycles. The van der Waals surface area contributed by atoms with Crippen LogP contribution in [-0.2, 0) is 19.5 Å². The second-order valence-electron chi connectivity index (χ2n) is 9.05. The molecular weight excluding hydrogens is 468 g/mol. The summed E-state index contributed by atoms with van der Waals surface area (Å²) in [5.41, 5.74) is 1.22. The van der Waals surface area contributed by atoms with Crippen molar-refractivity contribution in [2.75, 3.05) is 0 Å². The van der Waals surface area contributed by atoms with E-state index < -0.39 is 43.4 Å². The molecule has 0 saturated heterocycles. The zero-order valence-corrected chi connectivity index (χ0v) is 20.5. The van der Waals surface area contributed by atoms with E-state index in [1.807, 2.05) is 51.1 Å². The van der Waals surface area contributed by atoms with Crippen LogP contribution in [0, 0.1) is 18.3 Å². The van der Waals surface area contributed by atoms with Gasteiger partial charge in [0, 0.05) is 16.5 Å². The third-order valence-corrected chi connectivity index (χ3v) is 6.52. The number of benzene rings is 2. The lowest BCUT2D eigenvalue weighted by molar-refractivity contribution is -0.139. The lowest BCUT2D eigenvalue weighted by atomic mass is 9.82. The van der Waals surface area contributed by atoms with E-state index in [0.29, 0.717) is 28.1 Å². The molecule has 180 valence electrons. The van der Waals surface area contributed by atoms with Crippen LogP contribution in [0.15, 0.2) is 60.7 Å². The van der Waals surface area contributed by atoms with Crippen LogP contribution in [0.1, 0.15) is 44.1 Å². The number of pyridine rings is 1. The van der Waals surface area contributed by atoms with Crippen molar-refractivity contribution in [2.24, 2.45) is 0 Å². The van der Waals surface area contributed by atoms with Gasteiger partial charge >= 0.3 is 14.0 Å². The third-order valence-electron chi connectivity index (χ3n) is 5.44. The topological polar surface area (TPSA) is 96.7 Å². The summed E-state index contributed by atoms with van der Waals surface area (Å²) in [4.78, 5) is 27.2. The standard InChI is InChI=1S/C27H25FNO5P/c1-5-34-23(31)16-22(30)25(35(32)33)24-20(17-11-13-19(28)14-12-17)15-21(18-9-7-6-8-10-18)29-26(24)27(2,3)4/h1,6-15,22,25,30H,16H2,2-4H3/p+1. The normalized spacial score (nSPS) is 13.5. The van der Waals surface area contributed by atoms with Crippen molar-refractivity contribution >= 4 is 14.0 Å².